The number of nitrogens with zero attached hydrogens (tertiary/aromatic N) is 2. The predicted molar refractivity (Wildman–Crippen MR) is 45.8 cm³/mol. The van der Waals surface area contributed by atoms with Crippen LogP contribution in [0.2, 0.25) is 0 Å². The van der Waals surface area contributed by atoms with Crippen LogP contribution in [0, 0.1) is 0 Å². The van der Waals surface area contributed by atoms with Gasteiger partial charge in [0, 0.05) is 12.1 Å². The molecule has 4 nitrogen and oxygen atoms in total. The summed E-state index contributed by atoms with van der Waals surface area (Å²) in [6, 6.07) is 0. The third-order valence-electron chi connectivity index (χ3n) is 1.38. The summed E-state index contributed by atoms with van der Waals surface area (Å²) in [5, 5.41) is 0. The second kappa shape index (κ2) is 5.21. The van der Waals surface area contributed by atoms with Crippen molar-refractivity contribution in [2.45, 2.75) is 0 Å². The van der Waals surface area contributed by atoms with Gasteiger partial charge in [0.25, 0.3) is 0 Å². The third kappa shape index (κ3) is 3.16. The van der Waals surface area contributed by atoms with E-state index in [2.05, 4.69) is 9.97 Å². The number of rotatable bonds is 4. The first-order valence-electron chi connectivity index (χ1n) is 3.73. The van der Waals surface area contributed by atoms with Crippen molar-refractivity contribution in [2.75, 3.05) is 13.2 Å². The molecule has 1 aromatic rings. The van der Waals surface area contributed by atoms with Gasteiger partial charge in [0.05, 0.1) is 18.7 Å². The molecule has 70 valence electrons. The molecule has 2 N–H and O–H groups in total. The summed E-state index contributed by atoms with van der Waals surface area (Å²) in [5.74, 6) is 0.496. The Kier molecular flexibility index (Phi) is 3.84. The monoisotopic (exact) mass is 183 g/mol. The number of hydrogen-bond donors (Lipinski definition) is 1. The first-order chi connectivity index (χ1) is 6.36. The molecule has 0 aliphatic carbocycles. The van der Waals surface area contributed by atoms with Crippen molar-refractivity contribution in [3.63, 3.8) is 0 Å². The Bertz CT molecular complexity index is 276. The van der Waals surface area contributed by atoms with Crippen LogP contribution in [0.25, 0.3) is 0 Å². The molecule has 0 radical (unpaired) electrons. The lowest BCUT2D eigenvalue weighted by Gasteiger charge is -2.05. The minimum atomic E-state index is 0.125. The van der Waals surface area contributed by atoms with E-state index in [9.17, 15) is 4.39 Å². The van der Waals surface area contributed by atoms with Crippen LogP contribution >= 0.6 is 0 Å². The van der Waals surface area contributed by atoms with E-state index in [1.807, 2.05) is 0 Å². The lowest BCUT2D eigenvalue weighted by molar-refractivity contribution is 0.344. The lowest BCUT2D eigenvalue weighted by Crippen LogP contribution is -2.10. The molecule has 0 aromatic carbocycles. The lowest BCUT2D eigenvalue weighted by atomic mass is 10.3. The molecule has 1 heterocycles. The van der Waals surface area contributed by atoms with Gasteiger partial charge in [0.1, 0.15) is 12.9 Å². The second-order valence-corrected chi connectivity index (χ2v) is 2.33. The third-order valence-corrected chi connectivity index (χ3v) is 1.38. The maximum absolute atomic E-state index is 12.0. The van der Waals surface area contributed by atoms with Crippen LogP contribution in [0.3, 0.4) is 0 Å². The molecule has 1 rings (SSSR count). The summed E-state index contributed by atoms with van der Waals surface area (Å²) in [5.41, 5.74) is 5.62. The van der Waals surface area contributed by atoms with Gasteiger partial charge in [-0.25, -0.2) is 14.4 Å². The van der Waals surface area contributed by atoms with Crippen molar-refractivity contribution in [2.24, 2.45) is 5.73 Å². The summed E-state index contributed by atoms with van der Waals surface area (Å²) in [6.07, 6.45) is 4.84. The van der Waals surface area contributed by atoms with Crippen LogP contribution in [0.4, 0.5) is 4.39 Å². The van der Waals surface area contributed by atoms with Gasteiger partial charge in [0.2, 0.25) is 0 Å². The van der Waals surface area contributed by atoms with Crippen molar-refractivity contribution in [1.82, 2.24) is 9.97 Å². The fourth-order valence-corrected chi connectivity index (χ4v) is 0.671. The number of hydrogen-bond acceptors (Lipinski definition) is 4. The van der Waals surface area contributed by atoms with Gasteiger partial charge < -0.3 is 10.5 Å². The largest absolute Gasteiger partial charge is 0.486 e. The molecule has 0 bridgehead atoms. The molecule has 13 heavy (non-hydrogen) atoms. The van der Waals surface area contributed by atoms with Crippen LogP contribution in [-0.4, -0.2) is 23.1 Å². The Hall–Kier alpha value is -1.49. The zero-order chi connectivity index (χ0) is 9.52. The van der Waals surface area contributed by atoms with Crippen molar-refractivity contribution in [3.05, 3.63) is 30.6 Å². The molecular formula is C8H10FN3O. The highest BCUT2D eigenvalue weighted by molar-refractivity contribution is 5.12. The molecule has 1 aromatic heterocycles. The predicted octanol–water partition coefficient (Wildman–Crippen LogP) is 0.667. The Labute approximate surface area is 75.3 Å². The van der Waals surface area contributed by atoms with Crippen LogP contribution < -0.4 is 10.5 Å². The SMILES string of the molecule is NC/C(=C\F)COc1cncnc1. The van der Waals surface area contributed by atoms with E-state index in [0.29, 0.717) is 17.7 Å². The van der Waals surface area contributed by atoms with Gasteiger partial charge >= 0.3 is 0 Å². The van der Waals surface area contributed by atoms with Gasteiger partial charge in [-0.15, -0.1) is 0 Å². The summed E-state index contributed by atoms with van der Waals surface area (Å²) < 4.78 is 17.1. The van der Waals surface area contributed by atoms with E-state index < -0.39 is 0 Å². The molecular weight excluding hydrogens is 173 g/mol. The molecule has 0 spiro atoms. The average Bonchev–Trinajstić information content (AvgIpc) is 2.21. The highest BCUT2D eigenvalue weighted by atomic mass is 19.1. The zero-order valence-electron chi connectivity index (χ0n) is 6.98. The normalized spacial score (nSPS) is 11.4. The Morgan fingerprint density at radius 1 is 1.54 bits per heavy atom. The van der Waals surface area contributed by atoms with Gasteiger partial charge in [-0.1, -0.05) is 0 Å². The summed E-state index contributed by atoms with van der Waals surface area (Å²) in [7, 11) is 0. The number of ether oxygens (including phenoxy) is 1. The fraction of sp³-hybridized carbons (Fsp3) is 0.250. The van der Waals surface area contributed by atoms with E-state index in [0.717, 1.165) is 0 Å². The Morgan fingerprint density at radius 2 is 2.23 bits per heavy atom. The first-order valence-corrected chi connectivity index (χ1v) is 3.73. The van der Waals surface area contributed by atoms with Crippen molar-refractivity contribution >= 4 is 0 Å². The molecule has 0 amide bonds. The van der Waals surface area contributed by atoms with Gasteiger partial charge in [-0.3, -0.25) is 0 Å². The maximum Gasteiger partial charge on any atom is 0.156 e. The van der Waals surface area contributed by atoms with Crippen molar-refractivity contribution in [1.29, 1.82) is 0 Å². The summed E-state index contributed by atoms with van der Waals surface area (Å²) >= 11 is 0. The minimum Gasteiger partial charge on any atom is -0.486 e. The molecule has 0 aliphatic heterocycles. The summed E-state index contributed by atoms with van der Waals surface area (Å²) in [6.45, 7) is 0.268. The van der Waals surface area contributed by atoms with E-state index in [4.69, 9.17) is 10.5 Å². The Morgan fingerprint density at radius 3 is 2.77 bits per heavy atom. The highest BCUT2D eigenvalue weighted by Gasteiger charge is 1.97. The molecule has 0 atom stereocenters. The van der Waals surface area contributed by atoms with E-state index in [1.165, 1.54) is 18.7 Å². The smallest absolute Gasteiger partial charge is 0.156 e. The summed E-state index contributed by atoms with van der Waals surface area (Å²) in [4.78, 5) is 7.47. The van der Waals surface area contributed by atoms with Gasteiger partial charge in [-0.2, -0.15) is 0 Å². The molecule has 0 saturated heterocycles. The average molecular weight is 183 g/mol. The standard InChI is InChI=1S/C8H10FN3O/c9-1-7(2-10)5-13-8-3-11-6-12-4-8/h1,3-4,6H,2,5,10H2/b7-1+. The maximum atomic E-state index is 12.0. The van der Waals surface area contributed by atoms with E-state index in [-0.39, 0.29) is 13.2 Å². The fourth-order valence-electron chi connectivity index (χ4n) is 0.671. The molecule has 0 aliphatic rings. The van der Waals surface area contributed by atoms with Crippen molar-refractivity contribution in [3.8, 4) is 5.75 Å². The molecule has 0 fully saturated rings. The topological polar surface area (TPSA) is 61.0 Å². The first kappa shape index (κ1) is 9.60. The number of halogens is 1. The van der Waals surface area contributed by atoms with Crippen LogP contribution in [-0.2, 0) is 0 Å². The highest BCUT2D eigenvalue weighted by Crippen LogP contribution is 2.05. The number of nitrogens with two attached hydrogens (primary N) is 1. The van der Waals surface area contributed by atoms with E-state index >= 15 is 0 Å². The number of aromatic nitrogens is 2. The zero-order valence-corrected chi connectivity index (χ0v) is 6.98. The minimum absolute atomic E-state index is 0.125. The van der Waals surface area contributed by atoms with Gasteiger partial charge in [0.15, 0.2) is 5.75 Å². The quantitative estimate of drug-likeness (QED) is 0.745. The van der Waals surface area contributed by atoms with Crippen LogP contribution in [0.5, 0.6) is 5.75 Å². The van der Waals surface area contributed by atoms with Gasteiger partial charge in [-0.05, 0) is 0 Å². The molecule has 5 heteroatoms. The van der Waals surface area contributed by atoms with E-state index in [1.54, 1.807) is 0 Å². The molecule has 0 saturated carbocycles. The van der Waals surface area contributed by atoms with Crippen LogP contribution in [0.15, 0.2) is 30.6 Å². The van der Waals surface area contributed by atoms with Crippen molar-refractivity contribution < 1.29 is 9.13 Å². The second-order valence-electron chi connectivity index (χ2n) is 2.33. The Balaban J connectivity index is 2.43. The molecule has 0 unspecified atom stereocenters. The van der Waals surface area contributed by atoms with Crippen LogP contribution in [0.1, 0.15) is 0 Å².